The Balaban J connectivity index is 1.46. The van der Waals surface area contributed by atoms with E-state index in [2.05, 4.69) is 33.7 Å². The number of primary amides is 1. The van der Waals surface area contributed by atoms with Gasteiger partial charge in [-0.2, -0.15) is 0 Å². The summed E-state index contributed by atoms with van der Waals surface area (Å²) < 4.78 is 6.02. The number of pyridine rings is 1. The van der Waals surface area contributed by atoms with Gasteiger partial charge in [0.05, 0.1) is 24.3 Å². The first-order valence-electron chi connectivity index (χ1n) is 10.1. The lowest BCUT2D eigenvalue weighted by Crippen LogP contribution is -2.52. The Hall–Kier alpha value is -3.81. The second-order valence-electron chi connectivity index (χ2n) is 7.74. The van der Waals surface area contributed by atoms with Gasteiger partial charge in [0.15, 0.2) is 0 Å². The molecular weight excluding hydrogens is 394 g/mol. The number of hydrogen-bond donors (Lipinski definition) is 3. The van der Waals surface area contributed by atoms with Gasteiger partial charge in [0.1, 0.15) is 17.7 Å². The van der Waals surface area contributed by atoms with Crippen molar-refractivity contribution in [1.29, 1.82) is 0 Å². The number of rotatable bonds is 9. The molecule has 2 amide bonds. The van der Waals surface area contributed by atoms with Crippen LogP contribution in [0.1, 0.15) is 23.2 Å². The Labute approximate surface area is 180 Å². The Morgan fingerprint density at radius 2 is 2.03 bits per heavy atom. The molecule has 2 aliphatic rings. The molecule has 0 radical (unpaired) electrons. The van der Waals surface area contributed by atoms with Crippen LogP contribution in [0.5, 0.6) is 5.75 Å². The molecule has 0 spiro atoms. The van der Waals surface area contributed by atoms with Gasteiger partial charge in [-0.15, -0.1) is 0 Å². The zero-order valence-electron chi connectivity index (χ0n) is 17.1. The zero-order valence-corrected chi connectivity index (χ0v) is 17.1. The molecule has 1 aromatic heterocycles. The summed E-state index contributed by atoms with van der Waals surface area (Å²) >= 11 is 0. The summed E-state index contributed by atoms with van der Waals surface area (Å²) in [5.74, 6) is 0.451. The van der Waals surface area contributed by atoms with E-state index in [9.17, 15) is 9.59 Å². The SMILES string of the molecule is C=CC(=C)N1CC(Oc2cccc(Nc3cc(NC(=O)C4CC4)ncc3C(N)=O)c2)C1. The van der Waals surface area contributed by atoms with Crippen LogP contribution in [-0.4, -0.2) is 40.9 Å². The topological polar surface area (TPSA) is 110 Å². The van der Waals surface area contributed by atoms with Crippen molar-refractivity contribution >= 4 is 29.0 Å². The number of carbonyl (C=O) groups is 2. The minimum Gasteiger partial charge on any atom is -0.487 e. The quantitative estimate of drug-likeness (QED) is 0.539. The van der Waals surface area contributed by atoms with Crippen molar-refractivity contribution in [2.24, 2.45) is 11.7 Å². The van der Waals surface area contributed by atoms with Gasteiger partial charge < -0.3 is 26.0 Å². The minimum atomic E-state index is -0.612. The van der Waals surface area contributed by atoms with Crippen LogP contribution in [0.15, 0.2) is 61.5 Å². The maximum Gasteiger partial charge on any atom is 0.252 e. The average Bonchev–Trinajstić information content (AvgIpc) is 3.55. The molecule has 1 saturated heterocycles. The van der Waals surface area contributed by atoms with Gasteiger partial charge >= 0.3 is 0 Å². The number of benzene rings is 1. The molecule has 160 valence electrons. The lowest BCUT2D eigenvalue weighted by atomic mass is 10.1. The van der Waals surface area contributed by atoms with Crippen LogP contribution in [0.3, 0.4) is 0 Å². The fraction of sp³-hybridized carbons (Fsp3) is 0.261. The van der Waals surface area contributed by atoms with E-state index in [1.165, 1.54) is 6.20 Å². The predicted molar refractivity (Wildman–Crippen MR) is 119 cm³/mol. The molecule has 2 aromatic rings. The third-order valence-corrected chi connectivity index (χ3v) is 5.27. The molecule has 1 aliphatic heterocycles. The fourth-order valence-corrected chi connectivity index (χ4v) is 3.27. The first-order chi connectivity index (χ1) is 14.9. The van der Waals surface area contributed by atoms with Crippen LogP contribution in [0.2, 0.25) is 0 Å². The molecular formula is C23H25N5O3. The number of ether oxygens (including phenoxy) is 1. The Morgan fingerprint density at radius 3 is 2.71 bits per heavy atom. The van der Waals surface area contributed by atoms with Gasteiger partial charge in [-0.25, -0.2) is 4.98 Å². The summed E-state index contributed by atoms with van der Waals surface area (Å²) in [6, 6.07) is 9.04. The molecule has 2 fully saturated rings. The van der Waals surface area contributed by atoms with Gasteiger partial charge in [-0.1, -0.05) is 19.2 Å². The Kier molecular flexibility index (Phi) is 5.62. The summed E-state index contributed by atoms with van der Waals surface area (Å²) in [7, 11) is 0. The van der Waals surface area contributed by atoms with Crippen LogP contribution in [0.4, 0.5) is 17.2 Å². The molecule has 31 heavy (non-hydrogen) atoms. The average molecular weight is 419 g/mol. The number of anilines is 3. The van der Waals surface area contributed by atoms with Crippen molar-refractivity contribution in [3.63, 3.8) is 0 Å². The highest BCUT2D eigenvalue weighted by atomic mass is 16.5. The normalized spacial score (nSPS) is 15.5. The van der Waals surface area contributed by atoms with Crippen molar-refractivity contribution < 1.29 is 14.3 Å². The maximum absolute atomic E-state index is 12.0. The lowest BCUT2D eigenvalue weighted by Gasteiger charge is -2.40. The van der Waals surface area contributed by atoms with Crippen LogP contribution in [0.25, 0.3) is 0 Å². The molecule has 4 rings (SSSR count). The fourth-order valence-electron chi connectivity index (χ4n) is 3.27. The molecule has 0 unspecified atom stereocenters. The van der Waals surface area contributed by atoms with Gasteiger partial charge in [-0.3, -0.25) is 9.59 Å². The Morgan fingerprint density at radius 1 is 1.26 bits per heavy atom. The highest BCUT2D eigenvalue weighted by Crippen LogP contribution is 2.31. The third-order valence-electron chi connectivity index (χ3n) is 5.27. The molecule has 2 heterocycles. The van der Waals surface area contributed by atoms with Gasteiger partial charge in [0.2, 0.25) is 5.91 Å². The Bertz CT molecular complexity index is 1040. The van der Waals surface area contributed by atoms with E-state index >= 15 is 0 Å². The number of aromatic nitrogens is 1. The standard InChI is InChI=1S/C23H25N5O3/c1-3-14(2)28-12-18(13-28)31-17-6-4-5-16(9-17)26-20-10-21(25-11-19(20)22(24)29)27-23(30)15-7-8-15/h3-6,9-11,15,18H,1-2,7-8,12-13H2,(H2,24,29)(H2,25,26,27,30). The number of nitrogens with one attached hydrogen (secondary N) is 2. The second-order valence-corrected chi connectivity index (χ2v) is 7.74. The van der Waals surface area contributed by atoms with E-state index in [4.69, 9.17) is 10.5 Å². The van der Waals surface area contributed by atoms with E-state index in [-0.39, 0.29) is 23.5 Å². The molecule has 1 aromatic carbocycles. The van der Waals surface area contributed by atoms with E-state index in [1.54, 1.807) is 12.1 Å². The van der Waals surface area contributed by atoms with Crippen molar-refractivity contribution in [2.45, 2.75) is 18.9 Å². The van der Waals surface area contributed by atoms with Crippen LogP contribution in [0, 0.1) is 5.92 Å². The van der Waals surface area contributed by atoms with Gasteiger partial charge in [0, 0.05) is 35.6 Å². The first kappa shape index (κ1) is 20.5. The van der Waals surface area contributed by atoms with Crippen molar-refractivity contribution in [3.8, 4) is 5.75 Å². The molecule has 4 N–H and O–H groups in total. The predicted octanol–water partition coefficient (Wildman–Crippen LogP) is 3.04. The van der Waals surface area contributed by atoms with Gasteiger partial charge in [0.25, 0.3) is 5.91 Å². The second kappa shape index (κ2) is 8.51. The highest BCUT2D eigenvalue weighted by molar-refractivity contribution is 6.00. The summed E-state index contributed by atoms with van der Waals surface area (Å²) in [6.07, 6.45) is 4.95. The molecule has 8 heteroatoms. The first-order valence-corrected chi connectivity index (χ1v) is 10.1. The number of nitrogens with two attached hydrogens (primary N) is 1. The van der Waals surface area contributed by atoms with Crippen molar-refractivity contribution in [3.05, 3.63) is 67.0 Å². The number of allylic oxidation sites excluding steroid dienone is 1. The maximum atomic E-state index is 12.0. The number of likely N-dealkylation sites (tertiary alicyclic amines) is 1. The number of carbonyl (C=O) groups excluding carboxylic acids is 2. The summed E-state index contributed by atoms with van der Waals surface area (Å²) in [6.45, 7) is 9.16. The smallest absolute Gasteiger partial charge is 0.252 e. The molecule has 8 nitrogen and oxygen atoms in total. The van der Waals surface area contributed by atoms with Crippen LogP contribution < -0.4 is 21.1 Å². The third kappa shape index (κ3) is 4.85. The summed E-state index contributed by atoms with van der Waals surface area (Å²) in [4.78, 5) is 30.1. The number of nitrogens with zero attached hydrogens (tertiary/aromatic N) is 2. The van der Waals surface area contributed by atoms with Crippen molar-refractivity contribution in [2.75, 3.05) is 23.7 Å². The lowest BCUT2D eigenvalue weighted by molar-refractivity contribution is -0.117. The van der Waals surface area contributed by atoms with Gasteiger partial charge in [-0.05, 0) is 31.1 Å². The van der Waals surface area contributed by atoms with E-state index < -0.39 is 5.91 Å². The van der Waals surface area contributed by atoms with Crippen molar-refractivity contribution in [1.82, 2.24) is 9.88 Å². The summed E-state index contributed by atoms with van der Waals surface area (Å²) in [5.41, 5.74) is 7.79. The zero-order chi connectivity index (χ0) is 22.0. The molecule has 1 aliphatic carbocycles. The summed E-state index contributed by atoms with van der Waals surface area (Å²) in [5, 5.41) is 5.97. The largest absolute Gasteiger partial charge is 0.487 e. The number of hydrogen-bond acceptors (Lipinski definition) is 6. The van der Waals surface area contributed by atoms with Crippen LogP contribution >= 0.6 is 0 Å². The number of amides is 2. The molecule has 0 bridgehead atoms. The highest BCUT2D eigenvalue weighted by Gasteiger charge is 2.30. The molecule has 0 atom stereocenters. The van der Waals surface area contributed by atoms with E-state index in [1.807, 2.05) is 24.3 Å². The monoisotopic (exact) mass is 419 g/mol. The minimum absolute atomic E-state index is 0.0499. The van der Waals surface area contributed by atoms with E-state index in [0.29, 0.717) is 17.3 Å². The van der Waals surface area contributed by atoms with Crippen LogP contribution in [-0.2, 0) is 4.79 Å². The molecule has 1 saturated carbocycles. The van der Waals surface area contributed by atoms with E-state index in [0.717, 1.165) is 37.3 Å².